The first-order valence-electron chi connectivity index (χ1n) is 14.0. The number of nitrogens with zero attached hydrogens (tertiary/aromatic N) is 1. The molecule has 1 heterocycles. The molecule has 0 N–H and O–H groups in total. The van der Waals surface area contributed by atoms with E-state index in [1.807, 2.05) is 12.3 Å². The van der Waals surface area contributed by atoms with Gasteiger partial charge in [0.15, 0.2) is 0 Å². The minimum Gasteiger partial charge on any atom is -0.0969 e. The lowest BCUT2D eigenvalue weighted by Gasteiger charge is -2.36. The van der Waals surface area contributed by atoms with Crippen molar-refractivity contribution in [3.63, 3.8) is 0 Å². The van der Waals surface area contributed by atoms with Crippen LogP contribution >= 0.6 is 0 Å². The summed E-state index contributed by atoms with van der Waals surface area (Å²) >= 11 is 0. The van der Waals surface area contributed by atoms with Gasteiger partial charge in [0.1, 0.15) is 0 Å². The highest BCUT2D eigenvalue weighted by molar-refractivity contribution is 6.05. The molecule has 0 radical (unpaired) electrons. The predicted octanol–water partition coefficient (Wildman–Crippen LogP) is 5.87. The Labute approximate surface area is 220 Å². The van der Waals surface area contributed by atoms with E-state index in [0.29, 0.717) is 29.6 Å². The Morgan fingerprint density at radius 2 is 1.76 bits per heavy atom. The normalized spacial score (nSPS) is 31.2. The highest BCUT2D eigenvalue weighted by Crippen LogP contribution is 2.46. The van der Waals surface area contributed by atoms with Crippen molar-refractivity contribution in [2.75, 3.05) is 0 Å². The van der Waals surface area contributed by atoms with Crippen LogP contribution in [-0.2, 0) is 0 Å². The van der Waals surface area contributed by atoms with Crippen LogP contribution in [0.1, 0.15) is 33.1 Å². The number of benzene rings is 1. The van der Waals surface area contributed by atoms with Gasteiger partial charge in [-0.15, -0.1) is 0 Å². The third-order valence-corrected chi connectivity index (χ3v) is 9.10. The minimum atomic E-state index is 0.343. The molecule has 1 aliphatic heterocycles. The quantitative estimate of drug-likeness (QED) is 0.379. The lowest BCUT2D eigenvalue weighted by Crippen LogP contribution is -2.38. The number of allylic oxidation sites excluding steroid dienone is 16. The highest BCUT2D eigenvalue weighted by atomic mass is 14.6. The van der Waals surface area contributed by atoms with E-state index in [2.05, 4.69) is 110 Å². The topological polar surface area (TPSA) is 14.1 Å². The molecule has 182 valence electrons. The molecular weight excluding hydrogens is 446 g/mol. The summed E-state index contributed by atoms with van der Waals surface area (Å²) in [4.78, 5) is 0. The van der Waals surface area contributed by atoms with Crippen molar-refractivity contribution in [1.29, 1.82) is 0 Å². The molecule has 6 aliphatic rings. The minimum absolute atomic E-state index is 0.343. The molecule has 0 aromatic heterocycles. The second-order valence-corrected chi connectivity index (χ2v) is 11.3. The average molecular weight is 481 g/mol. The van der Waals surface area contributed by atoms with Gasteiger partial charge >= 0.3 is 5.71 Å². The van der Waals surface area contributed by atoms with E-state index in [4.69, 9.17) is 0 Å². The van der Waals surface area contributed by atoms with Gasteiger partial charge in [0.25, 0.3) is 6.21 Å². The van der Waals surface area contributed by atoms with E-state index in [1.54, 1.807) is 11.1 Å². The van der Waals surface area contributed by atoms with Crippen LogP contribution in [0.5, 0.6) is 0 Å². The van der Waals surface area contributed by atoms with E-state index >= 15 is 0 Å². The van der Waals surface area contributed by atoms with Crippen molar-refractivity contribution in [1.82, 2.24) is 4.67 Å². The molecule has 1 nitrogen and oxygen atoms in total. The van der Waals surface area contributed by atoms with Crippen molar-refractivity contribution in [2.24, 2.45) is 29.6 Å². The maximum absolute atomic E-state index is 4.60. The molecule has 0 spiro atoms. The van der Waals surface area contributed by atoms with Gasteiger partial charge in [-0.2, -0.15) is 0 Å². The van der Waals surface area contributed by atoms with Crippen molar-refractivity contribution in [3.05, 3.63) is 130 Å². The molecule has 0 saturated carbocycles. The monoisotopic (exact) mass is 480 g/mol. The Morgan fingerprint density at radius 1 is 0.865 bits per heavy atom. The first-order valence-corrected chi connectivity index (χ1v) is 14.0. The lowest BCUT2D eigenvalue weighted by molar-refractivity contribution is 0.557. The van der Waals surface area contributed by atoms with Gasteiger partial charge in [0.2, 0.25) is 0 Å². The van der Waals surface area contributed by atoms with Gasteiger partial charge < -0.3 is 0 Å². The number of hydrogen-bond acceptors (Lipinski definition) is 0. The first kappa shape index (κ1) is 22.5. The summed E-state index contributed by atoms with van der Waals surface area (Å²) in [7, 11) is 0. The second kappa shape index (κ2) is 9.02. The summed E-state index contributed by atoms with van der Waals surface area (Å²) in [6.07, 6.45) is 33.4. The fourth-order valence-corrected chi connectivity index (χ4v) is 7.26. The van der Waals surface area contributed by atoms with Crippen molar-refractivity contribution < 1.29 is 0 Å². The molecule has 5 aliphatic carbocycles. The zero-order valence-corrected chi connectivity index (χ0v) is 21.8. The molecule has 0 fully saturated rings. The van der Waals surface area contributed by atoms with Crippen molar-refractivity contribution >= 4 is 23.1 Å². The van der Waals surface area contributed by atoms with Crippen LogP contribution in [-0.4, -0.2) is 11.9 Å². The molecule has 0 amide bonds. The molecule has 1 heteroatoms. The van der Waals surface area contributed by atoms with Crippen LogP contribution in [0, 0.1) is 29.6 Å². The maximum Gasteiger partial charge on any atom is 0.311 e. The molecule has 7 rings (SSSR count). The number of rotatable bonds is 3. The van der Waals surface area contributed by atoms with Crippen LogP contribution in [0.3, 0.4) is 0 Å². The summed E-state index contributed by atoms with van der Waals surface area (Å²) in [5.41, 5.74) is 10.1. The van der Waals surface area contributed by atoms with Crippen molar-refractivity contribution in [2.45, 2.75) is 33.1 Å². The van der Waals surface area contributed by atoms with Gasteiger partial charge in [-0.1, -0.05) is 109 Å². The molecule has 5 atom stereocenters. The van der Waals surface area contributed by atoms with Gasteiger partial charge in [0, 0.05) is 24.0 Å². The number of hydrogen-bond donors (Lipinski definition) is 0. The van der Waals surface area contributed by atoms with Crippen LogP contribution in [0.2, 0.25) is 0 Å². The Hall–Kier alpha value is -3.67. The molecular formula is C36H34N+. The second-order valence-electron chi connectivity index (χ2n) is 11.3. The largest absolute Gasteiger partial charge is 0.311 e. The van der Waals surface area contributed by atoms with Crippen LogP contribution in [0.4, 0.5) is 0 Å². The van der Waals surface area contributed by atoms with E-state index in [0.717, 1.165) is 12.8 Å². The standard InChI is InChI=1S/C36H34N/c1-23-9-7-10-25-22-27(16-18-28(23)25)36-32-13-5-3-11-30(32)35(31-12-4-6-14-33(31)36)26-17-19-29(24(2)21-26)34-15-8-20-37-34/h3-8,10-13,15-21,23-25,29,33H,9,14,22H2,1-2H3/q+1/t23?,24?,25?,29-,33?/m1/s1. The molecule has 1 aromatic carbocycles. The highest BCUT2D eigenvalue weighted by Gasteiger charge is 2.35. The first-order chi connectivity index (χ1) is 18.2. The predicted molar refractivity (Wildman–Crippen MR) is 157 cm³/mol. The Morgan fingerprint density at radius 3 is 2.59 bits per heavy atom. The van der Waals surface area contributed by atoms with Gasteiger partial charge in [0.05, 0.1) is 5.92 Å². The van der Waals surface area contributed by atoms with E-state index in [1.165, 1.54) is 44.9 Å². The van der Waals surface area contributed by atoms with Crippen LogP contribution in [0.15, 0.2) is 119 Å². The zero-order chi connectivity index (χ0) is 24.9. The Kier molecular flexibility index (Phi) is 5.49. The van der Waals surface area contributed by atoms with Crippen LogP contribution < -0.4 is 15.1 Å². The average Bonchev–Trinajstić information content (AvgIpc) is 3.46. The van der Waals surface area contributed by atoms with Gasteiger partial charge in [-0.05, 0) is 69.4 Å². The maximum atomic E-state index is 4.60. The fraction of sp³-hybridized carbons (Fsp3) is 0.278. The van der Waals surface area contributed by atoms with E-state index < -0.39 is 0 Å². The molecule has 1 aromatic rings. The van der Waals surface area contributed by atoms with E-state index in [9.17, 15) is 0 Å². The fourth-order valence-electron chi connectivity index (χ4n) is 7.26. The summed E-state index contributed by atoms with van der Waals surface area (Å²) < 4.78 is 4.60. The zero-order valence-electron chi connectivity index (χ0n) is 21.8. The molecule has 4 unspecified atom stereocenters. The van der Waals surface area contributed by atoms with E-state index in [-0.39, 0.29) is 0 Å². The molecule has 0 saturated heterocycles. The Bertz CT molecular complexity index is 1620. The molecule has 0 bridgehead atoms. The van der Waals surface area contributed by atoms with Crippen molar-refractivity contribution in [3.8, 4) is 0 Å². The third kappa shape index (κ3) is 3.73. The SMILES string of the molecule is CC1CC=CC2CC(C3=c4ccccc4=C(C4=CC(C)[C@H](C5=[N+]=CC=C5)C=C4)C4=CC=CCC43)=CC=C12. The Balaban J connectivity index is 1.41. The summed E-state index contributed by atoms with van der Waals surface area (Å²) in [5, 5.41) is 2.80. The summed E-state index contributed by atoms with van der Waals surface area (Å²) in [6, 6.07) is 9.15. The molecule has 37 heavy (non-hydrogen) atoms. The number of fused-ring (bicyclic) bond motifs is 3. The van der Waals surface area contributed by atoms with Gasteiger partial charge in [-0.3, -0.25) is 0 Å². The van der Waals surface area contributed by atoms with Crippen LogP contribution in [0.25, 0.3) is 11.1 Å². The van der Waals surface area contributed by atoms with Gasteiger partial charge in [-0.25, -0.2) is 0 Å². The summed E-state index contributed by atoms with van der Waals surface area (Å²) in [6.45, 7) is 4.71. The lowest BCUT2D eigenvalue weighted by atomic mass is 9.68. The summed E-state index contributed by atoms with van der Waals surface area (Å²) in [5.74, 6) is 2.36. The third-order valence-electron chi connectivity index (χ3n) is 9.10. The smallest absolute Gasteiger partial charge is 0.0969 e.